The molecule has 2 N–H and O–H groups in total. The van der Waals surface area contributed by atoms with Crippen LogP contribution in [-0.2, 0) is 16.6 Å². The molecule has 0 amide bonds. The highest BCUT2D eigenvalue weighted by atomic mass is 79.9. The van der Waals surface area contributed by atoms with Crippen LogP contribution in [-0.4, -0.2) is 19.9 Å². The van der Waals surface area contributed by atoms with Crippen molar-refractivity contribution in [3.8, 4) is 0 Å². The third kappa shape index (κ3) is 4.50. The van der Waals surface area contributed by atoms with Crippen LogP contribution in [0.1, 0.15) is 18.2 Å². The molecule has 8 heteroatoms. The fraction of sp³-hybridized carbons (Fsp3) is 0.308. The van der Waals surface area contributed by atoms with E-state index in [0.29, 0.717) is 12.2 Å². The van der Waals surface area contributed by atoms with Gasteiger partial charge in [-0.25, -0.2) is 18.1 Å². The minimum Gasteiger partial charge on any atom is -0.383 e. The van der Waals surface area contributed by atoms with E-state index in [2.05, 4.69) is 31.0 Å². The van der Waals surface area contributed by atoms with Gasteiger partial charge in [-0.2, -0.15) is 0 Å². The molecule has 0 radical (unpaired) electrons. The third-order valence-electron chi connectivity index (χ3n) is 2.65. The van der Waals surface area contributed by atoms with E-state index in [9.17, 15) is 8.42 Å². The van der Waals surface area contributed by atoms with Crippen LogP contribution in [0.4, 0.5) is 5.69 Å². The lowest BCUT2D eigenvalue weighted by molar-refractivity contribution is 0.578. The molecule has 2 heterocycles. The predicted octanol–water partition coefficient (Wildman–Crippen LogP) is 3.21. The number of nitrogens with one attached hydrogen (secondary N) is 2. The van der Waals surface area contributed by atoms with Crippen molar-refractivity contribution in [3.05, 3.63) is 39.1 Å². The molecule has 114 valence electrons. The molecule has 0 bridgehead atoms. The lowest BCUT2D eigenvalue weighted by Gasteiger charge is -2.11. The first-order valence-electron chi connectivity index (χ1n) is 6.44. The molecule has 0 spiro atoms. The number of nitrogens with zero attached hydrogens (tertiary/aromatic N) is 1. The molecule has 0 unspecified atom stereocenters. The van der Waals surface area contributed by atoms with Crippen LogP contribution < -0.4 is 10.0 Å². The summed E-state index contributed by atoms with van der Waals surface area (Å²) in [5, 5.41) is 5.04. The van der Waals surface area contributed by atoms with Gasteiger partial charge in [-0.3, -0.25) is 0 Å². The van der Waals surface area contributed by atoms with Crippen LogP contribution in [0.2, 0.25) is 0 Å². The Labute approximate surface area is 137 Å². The molecule has 0 aliphatic carbocycles. The van der Waals surface area contributed by atoms with E-state index < -0.39 is 10.0 Å². The molecule has 2 rings (SSSR count). The monoisotopic (exact) mass is 389 g/mol. The van der Waals surface area contributed by atoms with Gasteiger partial charge in [0.15, 0.2) is 5.03 Å². The molecule has 0 aliphatic heterocycles. The number of anilines is 1. The van der Waals surface area contributed by atoms with Gasteiger partial charge in [0, 0.05) is 34.0 Å². The zero-order valence-electron chi connectivity index (χ0n) is 11.5. The molecule has 5 nitrogen and oxygen atoms in total. The van der Waals surface area contributed by atoms with E-state index in [0.717, 1.165) is 15.8 Å². The summed E-state index contributed by atoms with van der Waals surface area (Å²) in [4.78, 5) is 4.94. The second-order valence-corrected chi connectivity index (χ2v) is 7.93. The summed E-state index contributed by atoms with van der Waals surface area (Å²) in [5.41, 5.74) is 0.527. The Kier molecular flexibility index (Phi) is 5.74. The summed E-state index contributed by atoms with van der Waals surface area (Å²) in [7, 11) is -3.64. The highest BCUT2D eigenvalue weighted by molar-refractivity contribution is 9.10. The largest absolute Gasteiger partial charge is 0.383 e. The highest BCUT2D eigenvalue weighted by Gasteiger charge is 2.19. The average molecular weight is 390 g/mol. The molecule has 21 heavy (non-hydrogen) atoms. The molecule has 0 saturated carbocycles. The van der Waals surface area contributed by atoms with Crippen LogP contribution in [0.15, 0.2) is 39.3 Å². The van der Waals surface area contributed by atoms with Gasteiger partial charge in [-0.1, -0.05) is 6.92 Å². The van der Waals surface area contributed by atoms with Crippen molar-refractivity contribution in [3.63, 3.8) is 0 Å². The summed E-state index contributed by atoms with van der Waals surface area (Å²) < 4.78 is 28.3. The lowest BCUT2D eigenvalue weighted by Crippen LogP contribution is -2.25. The SMILES string of the molecule is CCCNc1cccnc1S(=O)(=O)NCc1cc(Br)cs1. The van der Waals surface area contributed by atoms with E-state index in [-0.39, 0.29) is 11.6 Å². The summed E-state index contributed by atoms with van der Waals surface area (Å²) in [6.45, 7) is 2.97. The summed E-state index contributed by atoms with van der Waals surface area (Å²) in [6, 6.07) is 5.33. The number of thiophene rings is 1. The first-order chi connectivity index (χ1) is 10.0. The van der Waals surface area contributed by atoms with Crippen molar-refractivity contribution in [2.24, 2.45) is 0 Å². The van der Waals surface area contributed by atoms with E-state index in [1.165, 1.54) is 17.5 Å². The standard InChI is InChI=1S/C13H16BrN3O2S2/c1-2-5-15-12-4-3-6-16-13(12)21(18,19)17-8-11-7-10(14)9-20-11/h3-4,6-7,9,15,17H,2,5,8H2,1H3. The number of hydrogen-bond donors (Lipinski definition) is 2. The fourth-order valence-corrected chi connectivity index (χ4v) is 4.27. The van der Waals surface area contributed by atoms with E-state index in [4.69, 9.17) is 0 Å². The molecule has 0 saturated heterocycles. The Bertz CT molecular complexity index is 701. The third-order valence-corrected chi connectivity index (χ3v) is 5.71. The highest BCUT2D eigenvalue weighted by Crippen LogP contribution is 2.21. The minimum absolute atomic E-state index is 0.0362. The maximum absolute atomic E-state index is 12.4. The van der Waals surface area contributed by atoms with Gasteiger partial charge in [0.2, 0.25) is 0 Å². The van der Waals surface area contributed by atoms with Crippen LogP contribution in [0.25, 0.3) is 0 Å². The predicted molar refractivity (Wildman–Crippen MR) is 89.1 cm³/mol. The van der Waals surface area contributed by atoms with Gasteiger partial charge in [0.05, 0.1) is 5.69 Å². The lowest BCUT2D eigenvalue weighted by atomic mass is 10.4. The number of pyridine rings is 1. The van der Waals surface area contributed by atoms with Crippen molar-refractivity contribution < 1.29 is 8.42 Å². The number of aromatic nitrogens is 1. The van der Waals surface area contributed by atoms with Gasteiger partial charge in [-0.05, 0) is 40.5 Å². The molecule has 0 atom stereocenters. The van der Waals surface area contributed by atoms with Gasteiger partial charge < -0.3 is 5.32 Å². The van der Waals surface area contributed by atoms with Crippen LogP contribution in [0.5, 0.6) is 0 Å². The van der Waals surface area contributed by atoms with E-state index >= 15 is 0 Å². The first-order valence-corrected chi connectivity index (χ1v) is 9.60. The average Bonchev–Trinajstić information content (AvgIpc) is 2.89. The summed E-state index contributed by atoms with van der Waals surface area (Å²) in [6.07, 6.45) is 2.39. The normalized spacial score (nSPS) is 11.5. The number of halogens is 1. The first kappa shape index (κ1) is 16.4. The van der Waals surface area contributed by atoms with E-state index in [1.54, 1.807) is 12.1 Å². The Morgan fingerprint density at radius 3 is 2.90 bits per heavy atom. The zero-order valence-corrected chi connectivity index (χ0v) is 14.7. The molecule has 2 aromatic rings. The van der Waals surface area contributed by atoms with Gasteiger partial charge in [0.1, 0.15) is 0 Å². The Morgan fingerprint density at radius 2 is 2.24 bits per heavy atom. The quantitative estimate of drug-likeness (QED) is 0.762. The van der Waals surface area contributed by atoms with Crippen molar-refractivity contribution in [2.75, 3.05) is 11.9 Å². The van der Waals surface area contributed by atoms with Crippen molar-refractivity contribution in [2.45, 2.75) is 24.9 Å². The second kappa shape index (κ2) is 7.35. The van der Waals surface area contributed by atoms with Crippen LogP contribution >= 0.6 is 27.3 Å². The van der Waals surface area contributed by atoms with Gasteiger partial charge in [0.25, 0.3) is 10.0 Å². The Hall–Kier alpha value is -0.960. The smallest absolute Gasteiger partial charge is 0.260 e. The molecule has 0 aliphatic rings. The molecule has 0 aromatic carbocycles. The van der Waals surface area contributed by atoms with Gasteiger partial charge in [-0.15, -0.1) is 11.3 Å². The van der Waals surface area contributed by atoms with Crippen molar-refractivity contribution in [1.82, 2.24) is 9.71 Å². The number of hydrogen-bond acceptors (Lipinski definition) is 5. The summed E-state index contributed by atoms with van der Waals surface area (Å²) in [5.74, 6) is 0. The summed E-state index contributed by atoms with van der Waals surface area (Å²) >= 11 is 4.84. The molecule has 0 fully saturated rings. The Balaban J connectivity index is 2.15. The number of sulfonamides is 1. The van der Waals surface area contributed by atoms with E-state index in [1.807, 2.05) is 18.4 Å². The maximum Gasteiger partial charge on any atom is 0.260 e. The second-order valence-electron chi connectivity index (χ2n) is 4.34. The zero-order chi connectivity index (χ0) is 15.3. The Morgan fingerprint density at radius 1 is 1.43 bits per heavy atom. The van der Waals surface area contributed by atoms with Crippen molar-refractivity contribution in [1.29, 1.82) is 0 Å². The molecule has 2 aromatic heterocycles. The van der Waals surface area contributed by atoms with Crippen LogP contribution in [0, 0.1) is 0 Å². The minimum atomic E-state index is -3.64. The van der Waals surface area contributed by atoms with Crippen LogP contribution in [0.3, 0.4) is 0 Å². The maximum atomic E-state index is 12.4. The van der Waals surface area contributed by atoms with Gasteiger partial charge >= 0.3 is 0 Å². The fourth-order valence-electron chi connectivity index (χ4n) is 1.68. The molecular formula is C13H16BrN3O2S2. The van der Waals surface area contributed by atoms with Crippen molar-refractivity contribution >= 4 is 43.0 Å². The molecular weight excluding hydrogens is 374 g/mol. The topological polar surface area (TPSA) is 71.1 Å². The number of rotatable bonds is 7.